The predicted molar refractivity (Wildman–Crippen MR) is 121 cm³/mol. The SMILES string of the molecule is CCSN1CC=C(c2cnc(C)c(-c3nnc(-c4ccc(CNC)cc4)o3)n2)CC1. The number of benzene rings is 1. The van der Waals surface area contributed by atoms with Crippen LogP contribution in [0.4, 0.5) is 0 Å². The molecule has 1 N–H and O–H groups in total. The molecule has 3 heterocycles. The summed E-state index contributed by atoms with van der Waals surface area (Å²) in [4.78, 5) is 9.37. The number of hydrogen-bond donors (Lipinski definition) is 1. The Hall–Kier alpha value is -2.55. The standard InChI is InChI=1S/C22H26N6OS/c1-4-30-28-11-9-17(10-12-28)19-14-24-15(2)20(25-19)22-27-26-21(29-22)18-7-5-16(6-8-18)13-23-3/h5-9,14,23H,4,10-13H2,1-3H3. The molecule has 4 rings (SSSR count). The Morgan fingerprint density at radius 1 is 1.17 bits per heavy atom. The van der Waals surface area contributed by atoms with Gasteiger partial charge in [-0.3, -0.25) is 4.98 Å². The van der Waals surface area contributed by atoms with Crippen molar-refractivity contribution in [2.45, 2.75) is 26.8 Å². The third-order valence-electron chi connectivity index (χ3n) is 4.98. The molecule has 0 saturated carbocycles. The topological polar surface area (TPSA) is 80.0 Å². The zero-order chi connectivity index (χ0) is 20.9. The summed E-state index contributed by atoms with van der Waals surface area (Å²) in [6.45, 7) is 6.85. The Morgan fingerprint density at radius 2 is 1.97 bits per heavy atom. The molecule has 0 bridgehead atoms. The first kappa shape index (κ1) is 20.7. The molecule has 2 aromatic heterocycles. The van der Waals surface area contributed by atoms with E-state index in [-0.39, 0.29) is 0 Å². The summed E-state index contributed by atoms with van der Waals surface area (Å²) in [7, 11) is 1.93. The first-order valence-electron chi connectivity index (χ1n) is 10.2. The van der Waals surface area contributed by atoms with Gasteiger partial charge in [0.25, 0.3) is 5.89 Å². The van der Waals surface area contributed by atoms with Crippen molar-refractivity contribution in [2.24, 2.45) is 0 Å². The summed E-state index contributed by atoms with van der Waals surface area (Å²) >= 11 is 1.87. The average Bonchev–Trinajstić information content (AvgIpc) is 3.26. The van der Waals surface area contributed by atoms with E-state index in [1.165, 1.54) is 11.1 Å². The molecule has 30 heavy (non-hydrogen) atoms. The molecule has 1 aliphatic heterocycles. The highest BCUT2D eigenvalue weighted by Gasteiger charge is 2.19. The quantitative estimate of drug-likeness (QED) is 0.573. The van der Waals surface area contributed by atoms with Gasteiger partial charge in [0.05, 0.1) is 17.6 Å². The third-order valence-corrected chi connectivity index (χ3v) is 5.93. The van der Waals surface area contributed by atoms with Gasteiger partial charge in [0.1, 0.15) is 5.69 Å². The summed E-state index contributed by atoms with van der Waals surface area (Å²) in [5.41, 5.74) is 5.61. The molecule has 0 aliphatic carbocycles. The lowest BCUT2D eigenvalue weighted by atomic mass is 10.1. The Labute approximate surface area is 181 Å². The second kappa shape index (κ2) is 9.51. The van der Waals surface area contributed by atoms with Crippen LogP contribution in [0.5, 0.6) is 0 Å². The van der Waals surface area contributed by atoms with Crippen molar-refractivity contribution in [1.82, 2.24) is 29.8 Å². The van der Waals surface area contributed by atoms with Crippen LogP contribution in [-0.2, 0) is 6.54 Å². The Kier molecular flexibility index (Phi) is 6.56. The van der Waals surface area contributed by atoms with Crippen LogP contribution in [0.25, 0.3) is 28.6 Å². The molecule has 8 heteroatoms. The lowest BCUT2D eigenvalue weighted by Gasteiger charge is -2.24. The predicted octanol–water partition coefficient (Wildman–Crippen LogP) is 3.98. The largest absolute Gasteiger partial charge is 0.415 e. The zero-order valence-electron chi connectivity index (χ0n) is 17.6. The Bertz CT molecular complexity index is 1030. The number of rotatable bonds is 7. The van der Waals surface area contributed by atoms with Crippen LogP contribution < -0.4 is 5.32 Å². The number of nitrogens with zero attached hydrogens (tertiary/aromatic N) is 5. The molecule has 0 unspecified atom stereocenters. The molecule has 0 amide bonds. The molecule has 156 valence electrons. The van der Waals surface area contributed by atoms with E-state index in [1.807, 2.05) is 44.2 Å². The summed E-state index contributed by atoms with van der Waals surface area (Å²) in [5.74, 6) is 1.97. The van der Waals surface area contributed by atoms with Gasteiger partial charge in [-0.15, -0.1) is 10.2 Å². The summed E-state index contributed by atoms with van der Waals surface area (Å²) in [5, 5.41) is 11.6. The number of aromatic nitrogens is 4. The zero-order valence-corrected chi connectivity index (χ0v) is 18.4. The second-order valence-electron chi connectivity index (χ2n) is 7.11. The fourth-order valence-electron chi connectivity index (χ4n) is 3.39. The minimum atomic E-state index is 0.399. The van der Waals surface area contributed by atoms with Crippen LogP contribution >= 0.6 is 11.9 Å². The van der Waals surface area contributed by atoms with Crippen molar-refractivity contribution in [1.29, 1.82) is 0 Å². The smallest absolute Gasteiger partial charge is 0.268 e. The highest BCUT2D eigenvalue weighted by Crippen LogP contribution is 2.28. The maximum Gasteiger partial charge on any atom is 0.268 e. The minimum Gasteiger partial charge on any atom is -0.415 e. The maximum absolute atomic E-state index is 5.96. The van der Waals surface area contributed by atoms with Gasteiger partial charge in [-0.1, -0.05) is 37.1 Å². The molecule has 1 aliphatic rings. The average molecular weight is 423 g/mol. The molecule has 0 saturated heterocycles. The van der Waals surface area contributed by atoms with Crippen LogP contribution in [0.15, 0.2) is 41.0 Å². The van der Waals surface area contributed by atoms with Gasteiger partial charge in [0.2, 0.25) is 5.89 Å². The minimum absolute atomic E-state index is 0.399. The lowest BCUT2D eigenvalue weighted by Crippen LogP contribution is -2.22. The maximum atomic E-state index is 5.96. The van der Waals surface area contributed by atoms with E-state index in [2.05, 4.69) is 49.9 Å². The van der Waals surface area contributed by atoms with Gasteiger partial charge in [0.15, 0.2) is 0 Å². The molecule has 3 aromatic rings. The summed E-state index contributed by atoms with van der Waals surface area (Å²) in [6, 6.07) is 8.09. The van der Waals surface area contributed by atoms with Crippen molar-refractivity contribution in [3.8, 4) is 23.0 Å². The molecule has 0 fully saturated rings. The Balaban J connectivity index is 1.57. The Morgan fingerprint density at radius 3 is 2.67 bits per heavy atom. The van der Waals surface area contributed by atoms with Crippen LogP contribution in [0, 0.1) is 6.92 Å². The first-order chi connectivity index (χ1) is 14.7. The van der Waals surface area contributed by atoms with Crippen LogP contribution in [-0.4, -0.2) is 50.4 Å². The van der Waals surface area contributed by atoms with Crippen molar-refractivity contribution < 1.29 is 4.42 Å². The van der Waals surface area contributed by atoms with Gasteiger partial charge in [-0.25, -0.2) is 9.29 Å². The molecule has 1 aromatic carbocycles. The van der Waals surface area contributed by atoms with E-state index in [4.69, 9.17) is 9.40 Å². The molecule has 0 spiro atoms. The van der Waals surface area contributed by atoms with Crippen molar-refractivity contribution in [2.75, 3.05) is 25.9 Å². The van der Waals surface area contributed by atoms with Gasteiger partial charge in [0, 0.05) is 31.0 Å². The number of nitrogens with one attached hydrogen (secondary N) is 1. The molecule has 0 radical (unpaired) electrons. The third kappa shape index (κ3) is 4.61. The van der Waals surface area contributed by atoms with E-state index in [1.54, 1.807) is 0 Å². The molecule has 0 atom stereocenters. The van der Waals surface area contributed by atoms with Gasteiger partial charge < -0.3 is 9.73 Å². The molecular weight excluding hydrogens is 396 g/mol. The monoisotopic (exact) mass is 422 g/mol. The number of hydrogen-bond acceptors (Lipinski definition) is 8. The van der Waals surface area contributed by atoms with Crippen molar-refractivity contribution in [3.63, 3.8) is 0 Å². The van der Waals surface area contributed by atoms with Crippen molar-refractivity contribution >= 4 is 17.5 Å². The van der Waals surface area contributed by atoms with Gasteiger partial charge in [-0.05, 0) is 43.7 Å². The first-order valence-corrected chi connectivity index (χ1v) is 11.1. The van der Waals surface area contributed by atoms with E-state index in [0.717, 1.165) is 48.8 Å². The van der Waals surface area contributed by atoms with E-state index in [9.17, 15) is 0 Å². The lowest BCUT2D eigenvalue weighted by molar-refractivity contribution is 0.516. The van der Waals surface area contributed by atoms with Gasteiger partial charge >= 0.3 is 0 Å². The van der Waals surface area contributed by atoms with Gasteiger partial charge in [-0.2, -0.15) is 0 Å². The molecular formula is C22H26N6OS. The number of aryl methyl sites for hydroxylation is 1. The van der Waals surface area contributed by atoms with E-state index in [0.29, 0.717) is 17.5 Å². The van der Waals surface area contributed by atoms with Crippen molar-refractivity contribution in [3.05, 3.63) is 53.5 Å². The normalized spacial score (nSPS) is 14.7. The second-order valence-corrected chi connectivity index (χ2v) is 8.47. The van der Waals surface area contributed by atoms with Crippen LogP contribution in [0.2, 0.25) is 0 Å². The van der Waals surface area contributed by atoms with E-state index < -0.39 is 0 Å². The fourth-order valence-corrected chi connectivity index (χ4v) is 4.16. The summed E-state index contributed by atoms with van der Waals surface area (Å²) < 4.78 is 8.33. The van der Waals surface area contributed by atoms with Crippen LogP contribution in [0.1, 0.15) is 30.3 Å². The highest BCUT2D eigenvalue weighted by atomic mass is 32.2. The van der Waals surface area contributed by atoms with E-state index >= 15 is 0 Å². The summed E-state index contributed by atoms with van der Waals surface area (Å²) in [6.07, 6.45) is 5.03. The fraction of sp³-hybridized carbons (Fsp3) is 0.364. The molecule has 7 nitrogen and oxygen atoms in total. The van der Waals surface area contributed by atoms with Crippen LogP contribution in [0.3, 0.4) is 0 Å². The highest BCUT2D eigenvalue weighted by molar-refractivity contribution is 7.96.